The van der Waals surface area contributed by atoms with Crippen LogP contribution in [0.25, 0.3) is 0 Å². The van der Waals surface area contributed by atoms with Gasteiger partial charge in [-0.15, -0.1) is 0 Å². The van der Waals surface area contributed by atoms with Crippen molar-refractivity contribution in [2.45, 2.75) is 18.5 Å². The second-order valence-corrected chi connectivity index (χ2v) is 5.02. The molecule has 1 aromatic heterocycles. The van der Waals surface area contributed by atoms with E-state index in [2.05, 4.69) is 4.98 Å². The van der Waals surface area contributed by atoms with Gasteiger partial charge in [-0.2, -0.15) is 0 Å². The second kappa shape index (κ2) is 4.57. The maximum Gasteiger partial charge on any atom is 0.328 e. The number of hydrogen-bond acceptors (Lipinski definition) is 3. The number of aromatic amines is 2. The average molecular weight is 234 g/mol. The van der Waals surface area contributed by atoms with Crippen molar-refractivity contribution in [3.05, 3.63) is 33.1 Å². The van der Waals surface area contributed by atoms with E-state index in [1.54, 1.807) is 0 Å². The zero-order valence-corrected chi connectivity index (χ0v) is 8.61. The molecule has 8 heteroatoms. The summed E-state index contributed by atoms with van der Waals surface area (Å²) in [5.41, 5.74) is -1.14. The maximum absolute atomic E-state index is 10.2. The molecule has 0 saturated heterocycles. The van der Waals surface area contributed by atoms with E-state index in [9.17, 15) is 14.2 Å². The maximum atomic E-state index is 10.2. The molecule has 1 fully saturated rings. The van der Waals surface area contributed by atoms with Crippen molar-refractivity contribution in [1.29, 1.82) is 0 Å². The van der Waals surface area contributed by atoms with E-state index in [1.807, 2.05) is 4.98 Å². The summed E-state index contributed by atoms with van der Waals surface area (Å²) in [6.07, 6.45) is 2.72. The van der Waals surface area contributed by atoms with E-state index in [1.165, 1.54) is 12.3 Å². The second-order valence-electron chi connectivity index (χ2n) is 3.12. The van der Waals surface area contributed by atoms with Gasteiger partial charge in [-0.05, 0) is 12.8 Å². The number of aromatic nitrogens is 2. The molecule has 1 aliphatic rings. The van der Waals surface area contributed by atoms with Crippen molar-refractivity contribution >= 4 is 7.60 Å². The monoisotopic (exact) mass is 234 g/mol. The largest absolute Gasteiger partial charge is 0.328 e. The van der Waals surface area contributed by atoms with Gasteiger partial charge >= 0.3 is 13.3 Å². The molecule has 0 aliphatic heterocycles. The first-order chi connectivity index (χ1) is 6.89. The van der Waals surface area contributed by atoms with Gasteiger partial charge in [-0.3, -0.25) is 14.3 Å². The summed E-state index contributed by atoms with van der Waals surface area (Å²) in [4.78, 5) is 41.2. The Labute approximate surface area is 84.3 Å². The first-order valence-corrected chi connectivity index (χ1v) is 5.91. The van der Waals surface area contributed by atoms with Gasteiger partial charge in [-0.1, -0.05) is 0 Å². The molecule has 0 radical (unpaired) electrons. The molecule has 1 heterocycles. The Morgan fingerprint density at radius 3 is 2.13 bits per heavy atom. The van der Waals surface area contributed by atoms with Crippen LogP contribution in [0, 0.1) is 0 Å². The fourth-order valence-electron chi connectivity index (χ4n) is 0.794. The number of H-pyrrole nitrogens is 2. The summed E-state index contributed by atoms with van der Waals surface area (Å²) >= 11 is 0. The van der Waals surface area contributed by atoms with Gasteiger partial charge < -0.3 is 14.8 Å². The molecule has 2 rings (SSSR count). The van der Waals surface area contributed by atoms with Gasteiger partial charge in [-0.25, -0.2) is 4.79 Å². The Kier molecular flexibility index (Phi) is 3.62. The minimum atomic E-state index is -3.63. The van der Waals surface area contributed by atoms with Gasteiger partial charge in [0.05, 0.1) is 5.66 Å². The zero-order valence-electron chi connectivity index (χ0n) is 7.71. The smallest absolute Gasteiger partial charge is 0.324 e. The summed E-state index contributed by atoms with van der Waals surface area (Å²) < 4.78 is 10.1. The summed E-state index contributed by atoms with van der Waals surface area (Å²) in [6, 6.07) is 1.24. The lowest BCUT2D eigenvalue weighted by Gasteiger charge is -1.95. The minimum absolute atomic E-state index is 0.285. The third kappa shape index (κ3) is 4.73. The Bertz CT molecular complexity index is 443. The predicted octanol–water partition coefficient (Wildman–Crippen LogP) is -0.610. The van der Waals surface area contributed by atoms with Crippen molar-refractivity contribution < 1.29 is 14.4 Å². The van der Waals surface area contributed by atoms with Gasteiger partial charge in [0.15, 0.2) is 0 Å². The van der Waals surface area contributed by atoms with Crippen LogP contribution in [0.15, 0.2) is 21.9 Å². The van der Waals surface area contributed by atoms with Crippen molar-refractivity contribution in [3.8, 4) is 0 Å². The van der Waals surface area contributed by atoms with E-state index in [-0.39, 0.29) is 11.2 Å². The molecule has 1 aromatic rings. The molecule has 1 saturated carbocycles. The van der Waals surface area contributed by atoms with Crippen molar-refractivity contribution in [3.63, 3.8) is 0 Å². The van der Waals surface area contributed by atoms with Crippen molar-refractivity contribution in [1.82, 2.24) is 9.97 Å². The Morgan fingerprint density at radius 1 is 1.33 bits per heavy atom. The van der Waals surface area contributed by atoms with Gasteiger partial charge in [0.1, 0.15) is 0 Å². The van der Waals surface area contributed by atoms with Crippen LogP contribution < -0.4 is 11.2 Å². The molecule has 0 bridgehead atoms. The zero-order chi connectivity index (χ0) is 11.5. The van der Waals surface area contributed by atoms with Crippen LogP contribution in [0.5, 0.6) is 0 Å². The quantitative estimate of drug-likeness (QED) is 0.482. The minimum Gasteiger partial charge on any atom is -0.324 e. The summed E-state index contributed by atoms with van der Waals surface area (Å²) in [7, 11) is -3.63. The highest BCUT2D eigenvalue weighted by Gasteiger charge is 2.38. The predicted molar refractivity (Wildman–Crippen MR) is 52.7 cm³/mol. The third-order valence-electron chi connectivity index (χ3n) is 1.71. The van der Waals surface area contributed by atoms with E-state index < -0.39 is 13.3 Å². The first-order valence-electron chi connectivity index (χ1n) is 4.23. The summed E-state index contributed by atoms with van der Waals surface area (Å²) in [5.74, 6) is 0. The molecule has 1 aliphatic carbocycles. The molecule has 0 aromatic carbocycles. The highest BCUT2D eigenvalue weighted by molar-refractivity contribution is 7.52. The molecular weight excluding hydrogens is 223 g/mol. The molecule has 84 valence electrons. The van der Waals surface area contributed by atoms with E-state index in [0.29, 0.717) is 12.8 Å². The fraction of sp³-hybridized carbons (Fsp3) is 0.429. The Hall–Kier alpha value is -1.17. The van der Waals surface area contributed by atoms with Crippen LogP contribution in [-0.2, 0) is 4.57 Å². The molecular formula is C7H11N2O5P. The lowest BCUT2D eigenvalue weighted by molar-refractivity contribution is 0.371. The lowest BCUT2D eigenvalue weighted by atomic mass is 10.7. The van der Waals surface area contributed by atoms with Crippen LogP contribution in [0.2, 0.25) is 0 Å². The van der Waals surface area contributed by atoms with E-state index in [4.69, 9.17) is 9.79 Å². The molecule has 0 unspecified atom stereocenters. The van der Waals surface area contributed by atoms with Gasteiger partial charge in [0.25, 0.3) is 5.56 Å². The first kappa shape index (κ1) is 11.9. The third-order valence-corrected chi connectivity index (χ3v) is 3.18. The lowest BCUT2D eigenvalue weighted by Crippen LogP contribution is -2.19. The van der Waals surface area contributed by atoms with Crippen LogP contribution in [0.4, 0.5) is 0 Å². The van der Waals surface area contributed by atoms with Gasteiger partial charge in [0, 0.05) is 12.3 Å². The number of hydrogen-bond donors (Lipinski definition) is 4. The number of rotatable bonds is 1. The molecule has 7 nitrogen and oxygen atoms in total. The molecule has 4 N–H and O–H groups in total. The molecule has 0 spiro atoms. The normalized spacial score (nSPS) is 15.3. The highest BCUT2D eigenvalue weighted by atomic mass is 31.2. The Balaban J connectivity index is 0.000000151. The standard InChI is InChI=1S/C4H4N2O2.C3H7O3P/c7-3-1-2-5-4(8)6-3;4-7(5,6)3-1-2-3/h1-2H,(H2,5,6,7,8);3H,1-2H2,(H2,4,5,6). The SMILES string of the molecule is O=P(O)(O)C1CC1.O=c1cc[nH]c(=O)[nH]1. The van der Waals surface area contributed by atoms with E-state index in [0.717, 1.165) is 0 Å². The van der Waals surface area contributed by atoms with Crippen LogP contribution >= 0.6 is 7.60 Å². The van der Waals surface area contributed by atoms with Crippen LogP contribution in [0.3, 0.4) is 0 Å². The fourth-order valence-corrected chi connectivity index (χ4v) is 1.62. The summed E-state index contributed by atoms with van der Waals surface area (Å²) in [6.45, 7) is 0. The highest BCUT2D eigenvalue weighted by Crippen LogP contribution is 2.53. The van der Waals surface area contributed by atoms with Gasteiger partial charge in [0.2, 0.25) is 0 Å². The average Bonchev–Trinajstić information content (AvgIpc) is 2.83. The molecule has 0 amide bonds. The topological polar surface area (TPSA) is 123 Å². The number of nitrogens with one attached hydrogen (secondary N) is 2. The van der Waals surface area contributed by atoms with Crippen LogP contribution in [-0.4, -0.2) is 25.4 Å². The molecule has 0 atom stereocenters. The van der Waals surface area contributed by atoms with Crippen molar-refractivity contribution in [2.75, 3.05) is 0 Å². The van der Waals surface area contributed by atoms with E-state index >= 15 is 0 Å². The summed E-state index contributed by atoms with van der Waals surface area (Å²) in [5, 5.41) is 0. The Morgan fingerprint density at radius 2 is 1.93 bits per heavy atom. The molecule has 15 heavy (non-hydrogen) atoms. The van der Waals surface area contributed by atoms with Crippen LogP contribution in [0.1, 0.15) is 12.8 Å². The van der Waals surface area contributed by atoms with Crippen molar-refractivity contribution in [2.24, 2.45) is 0 Å².